The van der Waals surface area contributed by atoms with Crippen molar-refractivity contribution in [1.82, 2.24) is 4.90 Å². The van der Waals surface area contributed by atoms with Crippen molar-refractivity contribution in [2.75, 3.05) is 25.1 Å². The first-order valence-corrected chi connectivity index (χ1v) is 11.3. The standard InChI is InChI=1S/C26H24ClFN2O4/c1-3-33-22-12-7-17(13-23(22)34-4-2)26(32)30-15-24(31)29-21-11-8-18(27)14-20(21)25(30)16-5-9-19(28)10-6-16/h5-14,25H,3-4,15H2,1-2H3,(H,29,31)/t25-/m1/s1. The van der Waals surface area contributed by atoms with Crippen molar-refractivity contribution in [2.45, 2.75) is 19.9 Å². The van der Waals surface area contributed by atoms with Gasteiger partial charge >= 0.3 is 0 Å². The number of anilines is 1. The largest absolute Gasteiger partial charge is 0.490 e. The second-order valence-corrected chi connectivity index (χ2v) is 8.13. The minimum absolute atomic E-state index is 0.204. The second-order valence-electron chi connectivity index (χ2n) is 7.69. The van der Waals surface area contributed by atoms with Gasteiger partial charge in [0.15, 0.2) is 11.5 Å². The molecule has 2 amide bonds. The van der Waals surface area contributed by atoms with Crippen molar-refractivity contribution in [3.63, 3.8) is 0 Å². The lowest BCUT2D eigenvalue weighted by atomic mass is 9.95. The van der Waals surface area contributed by atoms with E-state index >= 15 is 0 Å². The monoisotopic (exact) mass is 482 g/mol. The molecule has 3 aromatic rings. The zero-order chi connectivity index (χ0) is 24.2. The number of nitrogens with zero attached hydrogens (tertiary/aromatic N) is 1. The molecular weight excluding hydrogens is 459 g/mol. The van der Waals surface area contributed by atoms with Gasteiger partial charge < -0.3 is 19.7 Å². The van der Waals surface area contributed by atoms with E-state index in [1.165, 1.54) is 17.0 Å². The smallest absolute Gasteiger partial charge is 0.255 e. The molecule has 0 radical (unpaired) electrons. The fraction of sp³-hybridized carbons (Fsp3) is 0.231. The zero-order valence-electron chi connectivity index (χ0n) is 18.8. The molecule has 3 aromatic carbocycles. The summed E-state index contributed by atoms with van der Waals surface area (Å²) in [7, 11) is 0. The summed E-state index contributed by atoms with van der Waals surface area (Å²) in [5, 5.41) is 3.30. The Balaban J connectivity index is 1.83. The van der Waals surface area contributed by atoms with Crippen LogP contribution in [0.4, 0.5) is 10.1 Å². The first-order chi connectivity index (χ1) is 16.4. The summed E-state index contributed by atoms with van der Waals surface area (Å²) in [5.41, 5.74) is 2.15. The van der Waals surface area contributed by atoms with E-state index in [1.807, 2.05) is 13.8 Å². The Morgan fingerprint density at radius 1 is 1.03 bits per heavy atom. The molecule has 0 spiro atoms. The lowest BCUT2D eigenvalue weighted by Crippen LogP contribution is -2.39. The van der Waals surface area contributed by atoms with E-state index in [0.29, 0.717) is 52.1 Å². The number of rotatable bonds is 6. The molecule has 0 saturated heterocycles. The summed E-state index contributed by atoms with van der Waals surface area (Å²) < 4.78 is 25.0. The van der Waals surface area contributed by atoms with E-state index in [2.05, 4.69) is 5.32 Å². The van der Waals surface area contributed by atoms with Crippen molar-refractivity contribution in [3.8, 4) is 11.5 Å². The average molecular weight is 483 g/mol. The maximum Gasteiger partial charge on any atom is 0.255 e. The lowest BCUT2D eigenvalue weighted by molar-refractivity contribution is -0.117. The maximum atomic E-state index is 13.8. The Hall–Kier alpha value is -3.58. The molecule has 1 aliphatic heterocycles. The van der Waals surface area contributed by atoms with Crippen molar-refractivity contribution in [3.05, 3.63) is 88.2 Å². The number of fused-ring (bicyclic) bond motifs is 1. The fourth-order valence-electron chi connectivity index (χ4n) is 4.02. The van der Waals surface area contributed by atoms with Crippen LogP contribution in [0.5, 0.6) is 11.5 Å². The Kier molecular flexibility index (Phi) is 7.03. The van der Waals surface area contributed by atoms with Crippen LogP contribution in [0.25, 0.3) is 0 Å². The Labute approximate surface area is 202 Å². The predicted octanol–water partition coefficient (Wildman–Crippen LogP) is 5.46. The third-order valence-corrected chi connectivity index (χ3v) is 5.68. The van der Waals surface area contributed by atoms with Gasteiger partial charge in [-0.2, -0.15) is 0 Å². The number of hydrogen-bond acceptors (Lipinski definition) is 4. The number of carbonyl (C=O) groups is 2. The van der Waals surface area contributed by atoms with E-state index in [0.717, 1.165) is 0 Å². The number of hydrogen-bond donors (Lipinski definition) is 1. The van der Waals surface area contributed by atoms with Gasteiger partial charge in [0, 0.05) is 21.8 Å². The van der Waals surface area contributed by atoms with Gasteiger partial charge in [0.05, 0.1) is 19.3 Å². The molecule has 0 saturated carbocycles. The molecule has 8 heteroatoms. The maximum absolute atomic E-state index is 13.8. The molecular formula is C26H24ClFN2O4. The number of amides is 2. The molecule has 34 heavy (non-hydrogen) atoms. The van der Waals surface area contributed by atoms with Crippen molar-refractivity contribution in [2.24, 2.45) is 0 Å². The minimum Gasteiger partial charge on any atom is -0.490 e. The topological polar surface area (TPSA) is 67.9 Å². The van der Waals surface area contributed by atoms with Crippen LogP contribution in [0, 0.1) is 5.82 Å². The van der Waals surface area contributed by atoms with Gasteiger partial charge in [-0.1, -0.05) is 23.7 Å². The Bertz CT molecular complexity index is 1220. The molecule has 0 aliphatic carbocycles. The highest BCUT2D eigenvalue weighted by Crippen LogP contribution is 2.39. The van der Waals surface area contributed by atoms with Gasteiger partial charge in [-0.15, -0.1) is 0 Å². The van der Waals surface area contributed by atoms with Crippen LogP contribution in [0.2, 0.25) is 5.02 Å². The second kappa shape index (κ2) is 10.1. The molecule has 0 bridgehead atoms. The number of halogens is 2. The zero-order valence-corrected chi connectivity index (χ0v) is 19.6. The van der Waals surface area contributed by atoms with Crippen molar-refractivity contribution >= 4 is 29.1 Å². The molecule has 1 N–H and O–H groups in total. The highest BCUT2D eigenvalue weighted by molar-refractivity contribution is 6.30. The normalized spacial score (nSPS) is 15.2. The summed E-state index contributed by atoms with van der Waals surface area (Å²) in [6, 6.07) is 15.2. The molecule has 1 aliphatic rings. The van der Waals surface area contributed by atoms with Crippen LogP contribution in [0.3, 0.4) is 0 Å². The molecule has 176 valence electrons. The van der Waals surface area contributed by atoms with E-state index in [1.54, 1.807) is 48.5 Å². The van der Waals surface area contributed by atoms with Crippen LogP contribution in [-0.4, -0.2) is 36.5 Å². The van der Waals surface area contributed by atoms with Gasteiger partial charge in [-0.05, 0) is 67.9 Å². The number of ether oxygens (including phenoxy) is 2. The molecule has 1 heterocycles. The summed E-state index contributed by atoms with van der Waals surface area (Å²) in [4.78, 5) is 28.0. The summed E-state index contributed by atoms with van der Waals surface area (Å²) in [6.07, 6.45) is 0. The summed E-state index contributed by atoms with van der Waals surface area (Å²) in [5.74, 6) is -0.166. The first-order valence-electron chi connectivity index (χ1n) is 11.0. The highest BCUT2D eigenvalue weighted by Gasteiger charge is 2.34. The van der Waals surface area contributed by atoms with Gasteiger partial charge in [0.25, 0.3) is 5.91 Å². The molecule has 0 aromatic heterocycles. The molecule has 6 nitrogen and oxygen atoms in total. The van der Waals surface area contributed by atoms with Crippen molar-refractivity contribution < 1.29 is 23.5 Å². The third-order valence-electron chi connectivity index (χ3n) is 5.44. The van der Waals surface area contributed by atoms with E-state index in [-0.39, 0.29) is 18.4 Å². The van der Waals surface area contributed by atoms with Gasteiger partial charge in [0.2, 0.25) is 5.91 Å². The first kappa shape index (κ1) is 23.6. The molecule has 0 fully saturated rings. The summed E-state index contributed by atoms with van der Waals surface area (Å²) >= 11 is 6.28. The van der Waals surface area contributed by atoms with Crippen LogP contribution in [0.1, 0.15) is 41.4 Å². The minimum atomic E-state index is -0.678. The van der Waals surface area contributed by atoms with E-state index < -0.39 is 11.9 Å². The highest BCUT2D eigenvalue weighted by atomic mass is 35.5. The number of carbonyl (C=O) groups excluding carboxylic acids is 2. The van der Waals surface area contributed by atoms with Crippen LogP contribution in [0.15, 0.2) is 60.7 Å². The van der Waals surface area contributed by atoms with Crippen LogP contribution in [-0.2, 0) is 4.79 Å². The predicted molar refractivity (Wildman–Crippen MR) is 128 cm³/mol. The van der Waals surface area contributed by atoms with Gasteiger partial charge in [0.1, 0.15) is 12.4 Å². The fourth-order valence-corrected chi connectivity index (χ4v) is 4.20. The molecule has 1 atom stereocenters. The number of benzene rings is 3. The molecule has 4 rings (SSSR count). The summed E-state index contributed by atoms with van der Waals surface area (Å²) in [6.45, 7) is 4.34. The number of nitrogens with one attached hydrogen (secondary N) is 1. The van der Waals surface area contributed by atoms with Crippen LogP contribution < -0.4 is 14.8 Å². The van der Waals surface area contributed by atoms with Gasteiger partial charge in [-0.3, -0.25) is 9.59 Å². The average Bonchev–Trinajstić information content (AvgIpc) is 2.96. The SMILES string of the molecule is CCOc1ccc(C(=O)N2CC(=O)Nc3ccc(Cl)cc3[C@H]2c2ccc(F)cc2)cc1OCC. The molecule has 0 unspecified atom stereocenters. The Morgan fingerprint density at radius 2 is 1.74 bits per heavy atom. The lowest BCUT2D eigenvalue weighted by Gasteiger charge is -2.31. The van der Waals surface area contributed by atoms with E-state index in [4.69, 9.17) is 21.1 Å². The third kappa shape index (κ3) is 4.84. The van der Waals surface area contributed by atoms with Gasteiger partial charge in [-0.25, -0.2) is 4.39 Å². The Morgan fingerprint density at radius 3 is 2.44 bits per heavy atom. The quantitative estimate of drug-likeness (QED) is 0.506. The van der Waals surface area contributed by atoms with E-state index in [9.17, 15) is 14.0 Å². The van der Waals surface area contributed by atoms with Crippen LogP contribution >= 0.6 is 11.6 Å². The van der Waals surface area contributed by atoms with Crippen molar-refractivity contribution in [1.29, 1.82) is 0 Å².